The van der Waals surface area contributed by atoms with Crippen LogP contribution in [-0.2, 0) is 9.59 Å². The maximum absolute atomic E-state index is 11.3. The first-order valence-corrected chi connectivity index (χ1v) is 5.74. The first-order valence-electron chi connectivity index (χ1n) is 4.87. The van der Waals surface area contributed by atoms with E-state index in [-0.39, 0.29) is 5.91 Å². The average molecular weight is 275 g/mol. The van der Waals surface area contributed by atoms with Crippen LogP contribution in [0.15, 0.2) is 18.2 Å². The molecule has 0 heterocycles. The number of hydrogen-bond acceptors (Lipinski definition) is 2. The zero-order chi connectivity index (χ0) is 13.0. The van der Waals surface area contributed by atoms with E-state index in [0.29, 0.717) is 11.4 Å². The van der Waals surface area contributed by atoms with E-state index in [1.165, 1.54) is 6.92 Å². The van der Waals surface area contributed by atoms with Crippen molar-refractivity contribution in [3.05, 3.63) is 23.8 Å². The third kappa shape index (κ3) is 4.24. The molecule has 0 saturated carbocycles. The second kappa shape index (κ2) is 5.89. The minimum absolute atomic E-state index is 0.182. The summed E-state index contributed by atoms with van der Waals surface area (Å²) in [6.07, 6.45) is 0. The van der Waals surface area contributed by atoms with Gasteiger partial charge in [-0.05, 0) is 24.6 Å². The molecule has 0 aromatic heterocycles. The molecule has 0 unspecified atom stereocenters. The highest BCUT2D eigenvalue weighted by atomic mass is 35.5. The van der Waals surface area contributed by atoms with Gasteiger partial charge in [0.05, 0.1) is 0 Å². The van der Waals surface area contributed by atoms with Gasteiger partial charge in [0, 0.05) is 18.3 Å². The topological polar surface area (TPSA) is 58.2 Å². The Morgan fingerprint density at radius 2 is 1.88 bits per heavy atom. The highest BCUT2D eigenvalue weighted by Crippen LogP contribution is 2.21. The third-order valence-electron chi connectivity index (χ3n) is 2.01. The van der Waals surface area contributed by atoms with E-state index in [4.69, 9.17) is 23.2 Å². The lowest BCUT2D eigenvalue weighted by molar-refractivity contribution is -0.115. The van der Waals surface area contributed by atoms with E-state index in [2.05, 4.69) is 10.6 Å². The van der Waals surface area contributed by atoms with Crippen LogP contribution in [0, 0.1) is 6.92 Å². The summed E-state index contributed by atoms with van der Waals surface area (Å²) in [6.45, 7) is 3.23. The number of alkyl halides is 2. The SMILES string of the molecule is CC(=O)Nc1ccc(C)c(NC(=O)C(Cl)Cl)c1. The molecule has 0 spiro atoms. The Balaban J connectivity index is 2.90. The molecule has 0 aliphatic carbocycles. The molecule has 1 rings (SSSR count). The van der Waals surface area contributed by atoms with Gasteiger partial charge in [0.1, 0.15) is 0 Å². The monoisotopic (exact) mass is 274 g/mol. The zero-order valence-corrected chi connectivity index (χ0v) is 10.9. The number of carbonyl (C=O) groups excluding carboxylic acids is 2. The standard InChI is InChI=1S/C11H12Cl2N2O2/c1-6-3-4-8(14-7(2)16)5-9(6)15-11(17)10(12)13/h3-5,10H,1-2H3,(H,14,16)(H,15,17). The van der Waals surface area contributed by atoms with Crippen molar-refractivity contribution in [3.8, 4) is 0 Å². The van der Waals surface area contributed by atoms with Gasteiger partial charge in [-0.3, -0.25) is 9.59 Å². The van der Waals surface area contributed by atoms with E-state index in [9.17, 15) is 9.59 Å². The number of carbonyl (C=O) groups is 2. The van der Waals surface area contributed by atoms with E-state index in [1.807, 2.05) is 6.92 Å². The van der Waals surface area contributed by atoms with Gasteiger partial charge < -0.3 is 10.6 Å². The lowest BCUT2D eigenvalue weighted by atomic mass is 10.2. The summed E-state index contributed by atoms with van der Waals surface area (Å²) in [5.74, 6) is -0.685. The summed E-state index contributed by atoms with van der Waals surface area (Å²) in [4.78, 5) is 21.1. The Hall–Kier alpha value is -1.26. The van der Waals surface area contributed by atoms with Crippen LogP contribution in [0.4, 0.5) is 11.4 Å². The molecule has 0 bridgehead atoms. The van der Waals surface area contributed by atoms with Gasteiger partial charge in [-0.1, -0.05) is 29.3 Å². The lowest BCUT2D eigenvalue weighted by Crippen LogP contribution is -2.19. The van der Waals surface area contributed by atoms with E-state index in [0.717, 1.165) is 5.56 Å². The van der Waals surface area contributed by atoms with Gasteiger partial charge in [0.2, 0.25) is 5.91 Å². The van der Waals surface area contributed by atoms with Gasteiger partial charge >= 0.3 is 0 Å². The molecule has 1 aromatic rings. The summed E-state index contributed by atoms with van der Waals surface area (Å²) in [7, 11) is 0. The molecule has 0 aliphatic rings. The number of anilines is 2. The van der Waals surface area contributed by atoms with Crippen molar-refractivity contribution in [2.75, 3.05) is 10.6 Å². The second-order valence-electron chi connectivity index (χ2n) is 3.50. The maximum Gasteiger partial charge on any atom is 0.257 e. The number of nitrogens with one attached hydrogen (secondary N) is 2. The fraction of sp³-hybridized carbons (Fsp3) is 0.273. The largest absolute Gasteiger partial charge is 0.326 e. The van der Waals surface area contributed by atoms with Crippen LogP contribution in [0.3, 0.4) is 0 Å². The van der Waals surface area contributed by atoms with Crippen molar-refractivity contribution >= 4 is 46.4 Å². The molecule has 17 heavy (non-hydrogen) atoms. The van der Waals surface area contributed by atoms with Gasteiger partial charge in [-0.25, -0.2) is 0 Å². The number of halogens is 2. The fourth-order valence-corrected chi connectivity index (χ4v) is 1.33. The predicted molar refractivity (Wildman–Crippen MR) is 69.6 cm³/mol. The van der Waals surface area contributed by atoms with Gasteiger partial charge in [0.25, 0.3) is 5.91 Å². The lowest BCUT2D eigenvalue weighted by Gasteiger charge is -2.11. The van der Waals surface area contributed by atoms with E-state index in [1.54, 1.807) is 18.2 Å². The molecule has 2 amide bonds. The molecule has 0 atom stereocenters. The molecule has 0 saturated heterocycles. The number of amides is 2. The van der Waals surface area contributed by atoms with Crippen LogP contribution in [0.2, 0.25) is 0 Å². The summed E-state index contributed by atoms with van der Waals surface area (Å²) in [5, 5.41) is 5.19. The Bertz CT molecular complexity index is 447. The summed E-state index contributed by atoms with van der Waals surface area (Å²) in [5.41, 5.74) is 2.01. The molecule has 4 nitrogen and oxygen atoms in total. The van der Waals surface area contributed by atoms with E-state index < -0.39 is 10.7 Å². The average Bonchev–Trinajstić information content (AvgIpc) is 2.22. The minimum Gasteiger partial charge on any atom is -0.326 e. The van der Waals surface area contributed by atoms with Gasteiger partial charge in [-0.15, -0.1) is 0 Å². The molecular weight excluding hydrogens is 263 g/mol. The quantitative estimate of drug-likeness (QED) is 0.833. The molecule has 1 aromatic carbocycles. The summed E-state index contributed by atoms with van der Waals surface area (Å²) in [6, 6.07) is 5.16. The Kier molecular flexibility index (Phi) is 4.78. The summed E-state index contributed by atoms with van der Waals surface area (Å²) < 4.78 is 0. The molecule has 6 heteroatoms. The van der Waals surface area contributed by atoms with Crippen LogP contribution in [0.5, 0.6) is 0 Å². The van der Waals surface area contributed by atoms with Crippen molar-refractivity contribution in [2.24, 2.45) is 0 Å². The van der Waals surface area contributed by atoms with Crippen molar-refractivity contribution in [1.29, 1.82) is 0 Å². The number of aryl methyl sites for hydroxylation is 1. The third-order valence-corrected chi connectivity index (χ3v) is 2.41. The smallest absolute Gasteiger partial charge is 0.257 e. The van der Waals surface area contributed by atoms with Crippen LogP contribution in [-0.4, -0.2) is 16.7 Å². The first-order chi connectivity index (χ1) is 7.90. The van der Waals surface area contributed by atoms with Gasteiger partial charge in [0.15, 0.2) is 4.84 Å². The molecule has 0 aliphatic heterocycles. The Morgan fingerprint density at radius 1 is 1.24 bits per heavy atom. The molecular formula is C11H12Cl2N2O2. The van der Waals surface area contributed by atoms with E-state index >= 15 is 0 Å². The molecule has 2 N–H and O–H groups in total. The predicted octanol–water partition coefficient (Wildman–Crippen LogP) is 2.70. The molecule has 0 radical (unpaired) electrons. The molecule has 92 valence electrons. The van der Waals surface area contributed by atoms with Crippen molar-refractivity contribution in [1.82, 2.24) is 0 Å². The molecule has 0 fully saturated rings. The van der Waals surface area contributed by atoms with Crippen molar-refractivity contribution < 1.29 is 9.59 Å². The Morgan fingerprint density at radius 3 is 2.41 bits per heavy atom. The second-order valence-corrected chi connectivity index (χ2v) is 4.60. The number of benzene rings is 1. The zero-order valence-electron chi connectivity index (χ0n) is 9.38. The minimum atomic E-state index is -1.13. The normalized spacial score (nSPS) is 10.2. The Labute approximate surface area is 109 Å². The van der Waals surface area contributed by atoms with Gasteiger partial charge in [-0.2, -0.15) is 0 Å². The van der Waals surface area contributed by atoms with Crippen LogP contribution >= 0.6 is 23.2 Å². The number of rotatable bonds is 3. The first kappa shape index (κ1) is 13.8. The fourth-order valence-electron chi connectivity index (χ4n) is 1.22. The summed E-state index contributed by atoms with van der Waals surface area (Å²) >= 11 is 10.9. The highest BCUT2D eigenvalue weighted by molar-refractivity contribution is 6.54. The van der Waals surface area contributed by atoms with Crippen LogP contribution in [0.1, 0.15) is 12.5 Å². The van der Waals surface area contributed by atoms with Crippen molar-refractivity contribution in [2.45, 2.75) is 18.7 Å². The van der Waals surface area contributed by atoms with Crippen LogP contribution in [0.25, 0.3) is 0 Å². The van der Waals surface area contributed by atoms with Crippen LogP contribution < -0.4 is 10.6 Å². The van der Waals surface area contributed by atoms with Crippen molar-refractivity contribution in [3.63, 3.8) is 0 Å². The maximum atomic E-state index is 11.3. The highest BCUT2D eigenvalue weighted by Gasteiger charge is 2.12. The number of hydrogen-bond donors (Lipinski definition) is 2.